The van der Waals surface area contributed by atoms with Crippen molar-refractivity contribution in [2.24, 2.45) is 0 Å². The molecule has 9 heteroatoms. The standard InChI is InChI=1S/C17H23N3O4SSi/c1-24-17(21)19-13-8-6-5-7-12(13)15-16(14(19)11-18)20(15)25(22,23)9-10-26(2,3)4/h5-8,14-16H,9-10H2,1-4H3/t14-,15+,16-,20?/m1/s1. The van der Waals surface area contributed by atoms with Crippen molar-refractivity contribution >= 4 is 29.9 Å². The van der Waals surface area contributed by atoms with E-state index in [0.29, 0.717) is 11.7 Å². The van der Waals surface area contributed by atoms with Gasteiger partial charge in [-0.05, 0) is 17.7 Å². The topological polar surface area (TPSA) is 90.5 Å². The lowest BCUT2D eigenvalue weighted by Crippen LogP contribution is -2.46. The number of benzene rings is 1. The SMILES string of the molecule is COC(=O)N1c2ccccc2[C@H]2[C@@H]([C@H]1C#N)N2S(=O)(=O)CC[Si](C)(C)C. The molecule has 1 unspecified atom stereocenters. The molecule has 1 aromatic carbocycles. The molecule has 0 aromatic heterocycles. The minimum Gasteiger partial charge on any atom is -0.452 e. The summed E-state index contributed by atoms with van der Waals surface area (Å²) in [5.41, 5.74) is 1.28. The molecule has 26 heavy (non-hydrogen) atoms. The van der Waals surface area contributed by atoms with Crippen LogP contribution < -0.4 is 4.90 Å². The molecule has 1 amide bonds. The zero-order valence-electron chi connectivity index (χ0n) is 15.3. The molecule has 1 aromatic rings. The number of methoxy groups -OCH3 is 1. The Morgan fingerprint density at radius 2 is 1.96 bits per heavy atom. The third-order valence-electron chi connectivity index (χ3n) is 4.85. The Morgan fingerprint density at radius 3 is 2.54 bits per heavy atom. The fourth-order valence-corrected chi connectivity index (χ4v) is 8.29. The first kappa shape index (κ1) is 18.9. The van der Waals surface area contributed by atoms with E-state index in [9.17, 15) is 18.5 Å². The van der Waals surface area contributed by atoms with Crippen LogP contribution in [0.5, 0.6) is 0 Å². The van der Waals surface area contributed by atoms with Crippen LogP contribution in [0.15, 0.2) is 24.3 Å². The number of ether oxygens (including phenoxy) is 1. The Kier molecular flexibility index (Phi) is 4.63. The van der Waals surface area contributed by atoms with E-state index in [4.69, 9.17) is 4.74 Å². The molecule has 0 bridgehead atoms. The van der Waals surface area contributed by atoms with Crippen molar-refractivity contribution in [3.8, 4) is 6.07 Å². The third kappa shape index (κ3) is 3.13. The van der Waals surface area contributed by atoms with Crippen LogP contribution in [0.3, 0.4) is 0 Å². The quantitative estimate of drug-likeness (QED) is 0.579. The summed E-state index contributed by atoms with van der Waals surface area (Å²) in [7, 11) is -3.78. The van der Waals surface area contributed by atoms with Crippen molar-refractivity contribution in [1.82, 2.24) is 4.31 Å². The van der Waals surface area contributed by atoms with Crippen LogP contribution in [0, 0.1) is 11.3 Å². The highest BCUT2D eigenvalue weighted by Gasteiger charge is 2.65. The van der Waals surface area contributed by atoms with Crippen molar-refractivity contribution in [2.75, 3.05) is 17.8 Å². The molecular weight excluding hydrogens is 370 g/mol. The number of hydrogen-bond donors (Lipinski definition) is 0. The second-order valence-corrected chi connectivity index (χ2v) is 15.5. The Balaban J connectivity index is 1.99. The molecule has 1 saturated heterocycles. The van der Waals surface area contributed by atoms with E-state index in [2.05, 4.69) is 25.7 Å². The lowest BCUT2D eigenvalue weighted by Gasteiger charge is -2.30. The predicted molar refractivity (Wildman–Crippen MR) is 101 cm³/mol. The number of para-hydroxylation sites is 1. The van der Waals surface area contributed by atoms with Crippen LogP contribution in [0.25, 0.3) is 0 Å². The van der Waals surface area contributed by atoms with Gasteiger partial charge in [0.15, 0.2) is 0 Å². The largest absolute Gasteiger partial charge is 0.452 e. The number of nitriles is 1. The van der Waals surface area contributed by atoms with E-state index >= 15 is 0 Å². The van der Waals surface area contributed by atoms with Crippen molar-refractivity contribution < 1.29 is 17.9 Å². The van der Waals surface area contributed by atoms with Gasteiger partial charge in [0.05, 0.1) is 36.7 Å². The van der Waals surface area contributed by atoms with Crippen LogP contribution in [0.4, 0.5) is 10.5 Å². The van der Waals surface area contributed by atoms with Gasteiger partial charge in [-0.25, -0.2) is 13.2 Å². The number of carbonyl (C=O) groups excluding carboxylic acids is 1. The predicted octanol–water partition coefficient (Wildman–Crippen LogP) is 2.56. The second kappa shape index (κ2) is 6.37. The van der Waals surface area contributed by atoms with Crippen molar-refractivity contribution in [3.63, 3.8) is 0 Å². The van der Waals surface area contributed by atoms with E-state index in [-0.39, 0.29) is 11.8 Å². The fourth-order valence-electron chi connectivity index (χ4n) is 3.46. The van der Waals surface area contributed by atoms with Crippen LogP contribution in [-0.2, 0) is 14.8 Å². The molecule has 4 atom stereocenters. The van der Waals surface area contributed by atoms with Gasteiger partial charge in [0.1, 0.15) is 6.04 Å². The third-order valence-corrected chi connectivity index (χ3v) is 8.80. The summed E-state index contributed by atoms with van der Waals surface area (Å²) < 4.78 is 32.1. The first-order chi connectivity index (χ1) is 12.1. The lowest BCUT2D eigenvalue weighted by molar-refractivity contribution is 0.176. The number of nitrogens with zero attached hydrogens (tertiary/aromatic N) is 3. The summed E-state index contributed by atoms with van der Waals surface area (Å²) in [5.74, 6) is 0.0776. The summed E-state index contributed by atoms with van der Waals surface area (Å²) >= 11 is 0. The first-order valence-electron chi connectivity index (χ1n) is 8.49. The molecule has 0 saturated carbocycles. The molecule has 7 nitrogen and oxygen atoms in total. The molecule has 3 rings (SSSR count). The second-order valence-electron chi connectivity index (χ2n) is 7.86. The monoisotopic (exact) mass is 393 g/mol. The number of anilines is 1. The number of carbonyl (C=O) groups is 1. The molecule has 0 aliphatic carbocycles. The van der Waals surface area contributed by atoms with Crippen LogP contribution >= 0.6 is 0 Å². The number of amides is 1. The minimum absolute atomic E-state index is 0.0776. The van der Waals surface area contributed by atoms with E-state index in [1.807, 2.05) is 12.1 Å². The van der Waals surface area contributed by atoms with E-state index < -0.39 is 36.3 Å². The van der Waals surface area contributed by atoms with Gasteiger partial charge < -0.3 is 4.74 Å². The Bertz CT molecular complexity index is 875. The average molecular weight is 394 g/mol. The molecular formula is C17H23N3O4SSi. The summed E-state index contributed by atoms with van der Waals surface area (Å²) in [4.78, 5) is 13.5. The van der Waals surface area contributed by atoms with Gasteiger partial charge in [0, 0.05) is 8.07 Å². The maximum Gasteiger partial charge on any atom is 0.415 e. The maximum atomic E-state index is 12.9. The number of rotatable bonds is 4. The highest BCUT2D eigenvalue weighted by atomic mass is 32.2. The zero-order chi connectivity index (χ0) is 19.3. The normalized spacial score (nSPS) is 27.1. The van der Waals surface area contributed by atoms with E-state index in [1.165, 1.54) is 16.3 Å². The molecule has 0 radical (unpaired) electrons. The molecule has 2 aliphatic rings. The average Bonchev–Trinajstić information content (AvgIpc) is 3.34. The van der Waals surface area contributed by atoms with Crippen LogP contribution in [-0.4, -0.2) is 51.8 Å². The maximum absolute atomic E-state index is 12.9. The van der Waals surface area contributed by atoms with Gasteiger partial charge in [0.25, 0.3) is 0 Å². The van der Waals surface area contributed by atoms with Crippen molar-refractivity contribution in [2.45, 2.75) is 43.8 Å². The van der Waals surface area contributed by atoms with Gasteiger partial charge in [0.2, 0.25) is 10.0 Å². The molecule has 0 N–H and O–H groups in total. The van der Waals surface area contributed by atoms with Gasteiger partial charge in [-0.2, -0.15) is 9.57 Å². The number of fused-ring (bicyclic) bond motifs is 3. The van der Waals surface area contributed by atoms with Crippen molar-refractivity contribution in [3.05, 3.63) is 29.8 Å². The highest BCUT2D eigenvalue weighted by Crippen LogP contribution is 2.55. The Hall–Kier alpha value is -1.89. The Morgan fingerprint density at radius 1 is 1.31 bits per heavy atom. The van der Waals surface area contributed by atoms with Crippen LogP contribution in [0.2, 0.25) is 25.7 Å². The molecule has 1 fully saturated rings. The van der Waals surface area contributed by atoms with E-state index in [0.717, 1.165) is 5.56 Å². The fraction of sp³-hybridized carbons (Fsp3) is 0.529. The van der Waals surface area contributed by atoms with Gasteiger partial charge >= 0.3 is 6.09 Å². The molecule has 140 valence electrons. The van der Waals surface area contributed by atoms with Crippen molar-refractivity contribution in [1.29, 1.82) is 5.26 Å². The lowest BCUT2D eigenvalue weighted by atomic mass is 9.97. The molecule has 2 aliphatic heterocycles. The first-order valence-corrected chi connectivity index (χ1v) is 13.8. The Labute approximate surface area is 155 Å². The zero-order valence-corrected chi connectivity index (χ0v) is 17.2. The summed E-state index contributed by atoms with van der Waals surface area (Å²) in [6, 6.07) is 8.02. The summed E-state index contributed by atoms with van der Waals surface area (Å²) in [6.07, 6.45) is -0.659. The van der Waals surface area contributed by atoms with Crippen LogP contribution in [0.1, 0.15) is 11.6 Å². The van der Waals surface area contributed by atoms with Gasteiger partial charge in [-0.15, -0.1) is 0 Å². The van der Waals surface area contributed by atoms with Gasteiger partial charge in [-0.1, -0.05) is 37.8 Å². The van der Waals surface area contributed by atoms with Gasteiger partial charge in [-0.3, -0.25) is 4.90 Å². The summed E-state index contributed by atoms with van der Waals surface area (Å²) in [6.45, 7) is 6.39. The highest BCUT2D eigenvalue weighted by molar-refractivity contribution is 7.89. The number of hydrogen-bond acceptors (Lipinski definition) is 5. The molecule has 2 heterocycles. The minimum atomic E-state index is -3.51. The smallest absolute Gasteiger partial charge is 0.415 e. The number of sulfonamides is 1. The summed E-state index contributed by atoms with van der Waals surface area (Å²) in [5, 5.41) is 9.66. The van der Waals surface area contributed by atoms with E-state index in [1.54, 1.807) is 12.1 Å². The molecule has 0 spiro atoms.